The van der Waals surface area contributed by atoms with Crippen LogP contribution in [-0.4, -0.2) is 43.7 Å². The largest absolute Gasteiger partial charge is 0.488 e. The molecule has 0 aliphatic carbocycles. The average molecular weight is 321 g/mol. The first-order chi connectivity index (χ1) is 9.66. The smallest absolute Gasteiger partial charge is 0.156 e. The minimum absolute atomic E-state index is 0.0900. The quantitative estimate of drug-likeness (QED) is 0.875. The molecule has 0 unspecified atom stereocenters. The van der Waals surface area contributed by atoms with Gasteiger partial charge in [-0.2, -0.15) is 0 Å². The zero-order valence-corrected chi connectivity index (χ0v) is 12.6. The Hall–Kier alpha value is -0.520. The van der Waals surface area contributed by atoms with Crippen molar-refractivity contribution in [2.24, 2.45) is 0 Å². The van der Waals surface area contributed by atoms with Gasteiger partial charge in [0.25, 0.3) is 0 Å². The molecule has 1 aliphatic heterocycles. The van der Waals surface area contributed by atoms with Gasteiger partial charge in [0.1, 0.15) is 12.7 Å². The molecule has 112 valence electrons. The van der Waals surface area contributed by atoms with Crippen LogP contribution in [-0.2, 0) is 9.47 Å². The molecule has 0 amide bonds. The lowest BCUT2D eigenvalue weighted by atomic mass is 10.1. The third kappa shape index (κ3) is 4.79. The second kappa shape index (κ2) is 8.05. The van der Waals surface area contributed by atoms with Crippen molar-refractivity contribution in [1.29, 1.82) is 0 Å². The number of aliphatic hydroxyl groups is 1. The molecule has 2 rings (SSSR count). The summed E-state index contributed by atoms with van der Waals surface area (Å²) in [5, 5.41) is 10.7. The number of benzene rings is 1. The van der Waals surface area contributed by atoms with Crippen molar-refractivity contribution in [1.82, 2.24) is 0 Å². The second-order valence-corrected chi connectivity index (χ2v) is 5.48. The van der Waals surface area contributed by atoms with Gasteiger partial charge >= 0.3 is 0 Å². The maximum absolute atomic E-state index is 9.86. The zero-order valence-electron chi connectivity index (χ0n) is 11.1. The maximum atomic E-state index is 9.86. The maximum Gasteiger partial charge on any atom is 0.156 e. The third-order valence-corrected chi connectivity index (χ3v) is 3.63. The molecule has 1 saturated heterocycles. The van der Waals surface area contributed by atoms with Gasteiger partial charge in [-0.25, -0.2) is 0 Å². The Balaban J connectivity index is 1.73. The summed E-state index contributed by atoms with van der Waals surface area (Å²) in [6.45, 7) is 1.75. The van der Waals surface area contributed by atoms with E-state index in [1.54, 1.807) is 18.2 Å². The first kappa shape index (κ1) is 15.9. The minimum Gasteiger partial charge on any atom is -0.488 e. The number of halogens is 2. The van der Waals surface area contributed by atoms with E-state index in [2.05, 4.69) is 0 Å². The Labute approximate surface area is 128 Å². The van der Waals surface area contributed by atoms with Gasteiger partial charge in [0.15, 0.2) is 5.75 Å². The molecular formula is C14H18Cl2O4. The molecule has 1 fully saturated rings. The van der Waals surface area contributed by atoms with E-state index in [4.69, 9.17) is 37.4 Å². The van der Waals surface area contributed by atoms with Gasteiger partial charge in [0.2, 0.25) is 0 Å². The van der Waals surface area contributed by atoms with Crippen molar-refractivity contribution >= 4 is 23.2 Å². The SMILES string of the molecule is O[C@@H](COc1c(Cl)cccc1Cl)COC1CCOCC1. The highest BCUT2D eigenvalue weighted by atomic mass is 35.5. The highest BCUT2D eigenvalue weighted by Gasteiger charge is 2.17. The molecule has 0 spiro atoms. The van der Waals surface area contributed by atoms with Crippen molar-refractivity contribution in [2.75, 3.05) is 26.4 Å². The summed E-state index contributed by atoms with van der Waals surface area (Å²) in [6, 6.07) is 5.11. The average Bonchev–Trinajstić information content (AvgIpc) is 2.46. The van der Waals surface area contributed by atoms with Crippen molar-refractivity contribution in [3.8, 4) is 5.75 Å². The molecule has 0 bridgehead atoms. The molecule has 1 aliphatic rings. The van der Waals surface area contributed by atoms with Crippen molar-refractivity contribution in [3.63, 3.8) is 0 Å². The highest BCUT2D eigenvalue weighted by Crippen LogP contribution is 2.32. The third-order valence-electron chi connectivity index (χ3n) is 3.03. The van der Waals surface area contributed by atoms with Gasteiger partial charge in [-0.05, 0) is 25.0 Å². The summed E-state index contributed by atoms with van der Waals surface area (Å²) in [4.78, 5) is 0. The highest BCUT2D eigenvalue weighted by molar-refractivity contribution is 6.37. The molecule has 1 atom stereocenters. The van der Waals surface area contributed by atoms with Gasteiger partial charge in [-0.1, -0.05) is 29.3 Å². The van der Waals surface area contributed by atoms with Crippen LogP contribution in [0.4, 0.5) is 0 Å². The van der Waals surface area contributed by atoms with E-state index in [0.717, 1.165) is 12.8 Å². The number of hydrogen-bond donors (Lipinski definition) is 1. The minimum atomic E-state index is -0.717. The fourth-order valence-corrected chi connectivity index (χ4v) is 2.44. The zero-order chi connectivity index (χ0) is 14.4. The van der Waals surface area contributed by atoms with Gasteiger partial charge in [0, 0.05) is 13.2 Å². The lowest BCUT2D eigenvalue weighted by molar-refractivity contribution is -0.0659. The van der Waals surface area contributed by atoms with Crippen molar-refractivity contribution in [3.05, 3.63) is 28.2 Å². The lowest BCUT2D eigenvalue weighted by Gasteiger charge is -2.23. The van der Waals surface area contributed by atoms with E-state index in [1.807, 2.05) is 0 Å². The Kier molecular flexibility index (Phi) is 6.39. The number of rotatable bonds is 6. The van der Waals surface area contributed by atoms with Crippen LogP contribution in [0.25, 0.3) is 0 Å². The first-order valence-electron chi connectivity index (χ1n) is 6.61. The molecule has 0 aromatic heterocycles. The van der Waals surface area contributed by atoms with Gasteiger partial charge < -0.3 is 19.3 Å². The van der Waals surface area contributed by atoms with Gasteiger partial charge in [0.05, 0.1) is 22.8 Å². The summed E-state index contributed by atoms with van der Waals surface area (Å²) in [7, 11) is 0. The Morgan fingerprint density at radius 1 is 1.20 bits per heavy atom. The Morgan fingerprint density at radius 3 is 2.50 bits per heavy atom. The predicted octanol–water partition coefficient (Wildman–Crippen LogP) is 2.93. The van der Waals surface area contributed by atoms with Crippen LogP contribution in [0.1, 0.15) is 12.8 Å². The number of para-hydroxylation sites is 1. The Morgan fingerprint density at radius 2 is 1.85 bits per heavy atom. The molecule has 1 N–H and O–H groups in total. The molecule has 4 nitrogen and oxygen atoms in total. The number of aliphatic hydroxyl groups excluding tert-OH is 1. The summed E-state index contributed by atoms with van der Waals surface area (Å²) >= 11 is 12.0. The van der Waals surface area contributed by atoms with E-state index in [0.29, 0.717) is 29.0 Å². The van der Waals surface area contributed by atoms with Crippen molar-refractivity contribution < 1.29 is 19.3 Å². The summed E-state index contributed by atoms with van der Waals surface area (Å²) in [5.41, 5.74) is 0. The molecule has 0 saturated carbocycles. The lowest BCUT2D eigenvalue weighted by Crippen LogP contribution is -2.30. The molecule has 0 radical (unpaired) electrons. The van der Waals surface area contributed by atoms with E-state index in [1.165, 1.54) is 0 Å². The van der Waals surface area contributed by atoms with Crippen LogP contribution in [0.3, 0.4) is 0 Å². The fraction of sp³-hybridized carbons (Fsp3) is 0.571. The summed E-state index contributed by atoms with van der Waals surface area (Å²) in [6.07, 6.45) is 1.17. The fourth-order valence-electron chi connectivity index (χ4n) is 1.94. The van der Waals surface area contributed by atoms with Crippen LogP contribution in [0.15, 0.2) is 18.2 Å². The first-order valence-corrected chi connectivity index (χ1v) is 7.36. The standard InChI is InChI=1S/C14H18Cl2O4/c15-12-2-1-3-13(16)14(12)20-9-10(17)8-19-11-4-6-18-7-5-11/h1-3,10-11,17H,4-9H2/t10-/m1/s1. The van der Waals surface area contributed by atoms with Crippen LogP contribution in [0.2, 0.25) is 10.0 Å². The second-order valence-electron chi connectivity index (χ2n) is 4.66. The normalized spacial score (nSPS) is 17.9. The van der Waals surface area contributed by atoms with Crippen LogP contribution in [0, 0.1) is 0 Å². The van der Waals surface area contributed by atoms with Gasteiger partial charge in [-0.15, -0.1) is 0 Å². The molecular weight excluding hydrogens is 303 g/mol. The molecule has 6 heteroatoms. The van der Waals surface area contributed by atoms with E-state index >= 15 is 0 Å². The topological polar surface area (TPSA) is 47.9 Å². The Bertz CT molecular complexity index is 401. The van der Waals surface area contributed by atoms with Gasteiger partial charge in [-0.3, -0.25) is 0 Å². The molecule has 1 aromatic carbocycles. The van der Waals surface area contributed by atoms with Crippen LogP contribution >= 0.6 is 23.2 Å². The van der Waals surface area contributed by atoms with E-state index in [-0.39, 0.29) is 19.3 Å². The summed E-state index contributed by atoms with van der Waals surface area (Å²) in [5.74, 6) is 0.390. The van der Waals surface area contributed by atoms with Crippen LogP contribution < -0.4 is 4.74 Å². The predicted molar refractivity (Wildman–Crippen MR) is 77.8 cm³/mol. The molecule has 1 aromatic rings. The number of ether oxygens (including phenoxy) is 3. The molecule has 20 heavy (non-hydrogen) atoms. The number of hydrogen-bond acceptors (Lipinski definition) is 4. The van der Waals surface area contributed by atoms with E-state index < -0.39 is 6.10 Å². The molecule has 1 heterocycles. The van der Waals surface area contributed by atoms with Crippen molar-refractivity contribution in [2.45, 2.75) is 25.0 Å². The van der Waals surface area contributed by atoms with Crippen LogP contribution in [0.5, 0.6) is 5.75 Å². The monoisotopic (exact) mass is 320 g/mol. The van der Waals surface area contributed by atoms with E-state index in [9.17, 15) is 5.11 Å². The summed E-state index contributed by atoms with van der Waals surface area (Å²) < 4.78 is 16.3.